The molecule has 1 fully saturated rings. The first-order valence-corrected chi connectivity index (χ1v) is 14.3. The summed E-state index contributed by atoms with van der Waals surface area (Å²) >= 11 is 0. The summed E-state index contributed by atoms with van der Waals surface area (Å²) in [5.74, 6) is -1.49. The molecule has 12 heteroatoms. The van der Waals surface area contributed by atoms with Crippen LogP contribution in [-0.4, -0.2) is 40.6 Å². The fourth-order valence-electron chi connectivity index (χ4n) is 5.67. The molecule has 0 saturated carbocycles. The van der Waals surface area contributed by atoms with Gasteiger partial charge in [0.15, 0.2) is 11.6 Å². The lowest BCUT2D eigenvalue weighted by atomic mass is 10.0. The summed E-state index contributed by atoms with van der Waals surface area (Å²) in [6.45, 7) is 0.929. The Morgan fingerprint density at radius 3 is 2.31 bits per heavy atom. The lowest BCUT2D eigenvalue weighted by Crippen LogP contribution is -2.43. The van der Waals surface area contributed by atoms with Crippen LogP contribution < -0.4 is 16.0 Å². The Kier molecular flexibility index (Phi) is 8.94. The quantitative estimate of drug-likeness (QED) is 0.219. The van der Waals surface area contributed by atoms with Gasteiger partial charge < -0.3 is 9.64 Å². The van der Waals surface area contributed by atoms with Crippen molar-refractivity contribution in [1.29, 1.82) is 0 Å². The number of ether oxygens (including phenoxy) is 1. The average molecular weight is 627 g/mol. The number of aliphatic imine (C=N–C) groups is 1. The number of rotatable bonds is 8. The van der Waals surface area contributed by atoms with E-state index in [0.717, 1.165) is 46.1 Å². The zero-order valence-electron chi connectivity index (χ0n) is 24.9. The van der Waals surface area contributed by atoms with Gasteiger partial charge in [-0.1, -0.05) is 48.5 Å². The van der Waals surface area contributed by atoms with Crippen molar-refractivity contribution in [3.63, 3.8) is 0 Å². The zero-order valence-corrected chi connectivity index (χ0v) is 24.9. The van der Waals surface area contributed by atoms with Crippen LogP contribution in [0.4, 0.5) is 22.0 Å². The third kappa shape index (κ3) is 6.27. The van der Waals surface area contributed by atoms with Crippen LogP contribution >= 0.6 is 0 Å². The molecule has 4 aromatic rings. The monoisotopic (exact) mass is 626 g/mol. The van der Waals surface area contributed by atoms with Crippen LogP contribution in [0.1, 0.15) is 41.3 Å². The molecule has 0 radical (unpaired) electrons. The molecule has 5 rings (SSSR count). The first-order chi connectivity index (χ1) is 21.4. The third-order valence-corrected chi connectivity index (χ3v) is 8.06. The molecular weight excluding hydrogens is 595 g/mol. The second-order valence-corrected chi connectivity index (χ2v) is 10.8. The highest BCUT2D eigenvalue weighted by molar-refractivity contribution is 5.84. The van der Waals surface area contributed by atoms with Crippen molar-refractivity contribution in [3.05, 3.63) is 122 Å². The number of nitrogens with zero attached hydrogens (tertiary/aromatic N) is 4. The minimum absolute atomic E-state index is 0.136. The number of likely N-dealkylation sites (tertiary alicyclic amines) is 1. The summed E-state index contributed by atoms with van der Waals surface area (Å²) in [5.41, 5.74) is -3.85. The van der Waals surface area contributed by atoms with E-state index in [1.165, 1.54) is 32.2 Å². The van der Waals surface area contributed by atoms with Crippen molar-refractivity contribution < 1.29 is 26.7 Å². The van der Waals surface area contributed by atoms with Gasteiger partial charge in [0.25, 0.3) is 5.56 Å². The Labute approximate surface area is 255 Å². The normalized spacial score (nSPS) is 15.1. The van der Waals surface area contributed by atoms with Crippen molar-refractivity contribution in [2.75, 3.05) is 20.7 Å². The molecule has 0 N–H and O–H groups in total. The molecular formula is C33H31F5N4O3. The summed E-state index contributed by atoms with van der Waals surface area (Å²) in [6, 6.07) is 14.8. The van der Waals surface area contributed by atoms with Gasteiger partial charge in [-0.15, -0.1) is 0 Å². The van der Waals surface area contributed by atoms with E-state index in [4.69, 9.17) is 9.73 Å². The number of benzene rings is 3. The highest BCUT2D eigenvalue weighted by Crippen LogP contribution is 2.34. The highest BCUT2D eigenvalue weighted by Gasteiger charge is 2.35. The first kappa shape index (κ1) is 31.7. The lowest BCUT2D eigenvalue weighted by molar-refractivity contribution is -0.138. The van der Waals surface area contributed by atoms with Gasteiger partial charge in [0.05, 0.1) is 43.2 Å². The Bertz CT molecular complexity index is 1870. The van der Waals surface area contributed by atoms with Crippen molar-refractivity contribution in [2.45, 2.75) is 45.1 Å². The van der Waals surface area contributed by atoms with Crippen LogP contribution in [0.3, 0.4) is 0 Å². The van der Waals surface area contributed by atoms with Crippen LogP contribution in [0.5, 0.6) is 5.75 Å². The van der Waals surface area contributed by atoms with Crippen LogP contribution in [0.2, 0.25) is 0 Å². The average Bonchev–Trinajstić information content (AvgIpc) is 3.42. The zero-order chi connectivity index (χ0) is 32.5. The van der Waals surface area contributed by atoms with E-state index in [-0.39, 0.29) is 29.1 Å². The Balaban J connectivity index is 1.78. The third-order valence-electron chi connectivity index (χ3n) is 8.06. The minimum Gasteiger partial charge on any atom is -0.494 e. The van der Waals surface area contributed by atoms with E-state index in [1.807, 2.05) is 11.9 Å². The summed E-state index contributed by atoms with van der Waals surface area (Å²) in [5, 5.41) is 0. The van der Waals surface area contributed by atoms with Crippen LogP contribution in [-0.2, 0) is 19.3 Å². The molecule has 1 saturated heterocycles. The molecule has 0 unspecified atom stereocenters. The number of hydrogen-bond acceptors (Lipinski definition) is 4. The SMILES string of the molecule is COc1cccc(-c2c(C)n(Cc3c(F)cccc3C(F)(F)F)c(=O)n(C[C@H](N=C3CCCN3C)c3ccccc3)c2=O)c1F. The van der Waals surface area contributed by atoms with E-state index in [9.17, 15) is 22.8 Å². The molecule has 45 heavy (non-hydrogen) atoms. The standard InChI is InChI=1S/C33H31F5N4O3/c1-20-29(22-12-7-15-27(45-3)30(22)35)31(43)42(19-26(21-10-5-4-6-11-21)39-28-16-9-17-40(28)2)32(44)41(20)18-23-24(33(36,37)38)13-8-14-25(23)34/h4-8,10-15,26H,9,16-19H2,1-3H3/t26-/m0/s1. The molecule has 0 spiro atoms. The second-order valence-electron chi connectivity index (χ2n) is 10.8. The maximum atomic E-state index is 15.6. The van der Waals surface area contributed by atoms with E-state index in [1.54, 1.807) is 30.3 Å². The molecule has 2 heterocycles. The molecule has 1 aromatic heterocycles. The van der Waals surface area contributed by atoms with Gasteiger partial charge in [-0.25, -0.2) is 13.6 Å². The van der Waals surface area contributed by atoms with E-state index in [2.05, 4.69) is 0 Å². The largest absolute Gasteiger partial charge is 0.494 e. The van der Waals surface area contributed by atoms with Crippen molar-refractivity contribution in [3.8, 4) is 16.9 Å². The minimum atomic E-state index is -4.92. The smallest absolute Gasteiger partial charge is 0.416 e. The van der Waals surface area contributed by atoms with Gasteiger partial charge in [0.2, 0.25) is 0 Å². The van der Waals surface area contributed by atoms with Crippen LogP contribution in [0, 0.1) is 18.6 Å². The number of methoxy groups -OCH3 is 1. The number of hydrogen-bond donors (Lipinski definition) is 0. The van der Waals surface area contributed by atoms with Crippen molar-refractivity contribution >= 4 is 5.84 Å². The Morgan fingerprint density at radius 1 is 0.956 bits per heavy atom. The van der Waals surface area contributed by atoms with Crippen molar-refractivity contribution in [1.82, 2.24) is 14.0 Å². The molecule has 0 bridgehead atoms. The van der Waals surface area contributed by atoms with E-state index in [0.29, 0.717) is 12.0 Å². The molecule has 0 aliphatic carbocycles. The molecule has 1 aliphatic rings. The lowest BCUT2D eigenvalue weighted by Gasteiger charge is -2.22. The van der Waals surface area contributed by atoms with Gasteiger partial charge in [0, 0.05) is 36.8 Å². The summed E-state index contributed by atoms with van der Waals surface area (Å²) < 4.78 is 79.3. The van der Waals surface area contributed by atoms with Gasteiger partial charge in [0.1, 0.15) is 5.82 Å². The number of halogens is 5. The van der Waals surface area contributed by atoms with E-state index >= 15 is 8.78 Å². The first-order valence-electron chi connectivity index (χ1n) is 14.3. The van der Waals surface area contributed by atoms with Gasteiger partial charge in [-0.05, 0) is 37.1 Å². The molecule has 1 atom stereocenters. The molecule has 0 amide bonds. The summed E-state index contributed by atoms with van der Waals surface area (Å²) in [6.07, 6.45) is -3.37. The fraction of sp³-hybridized carbons (Fsp3) is 0.303. The predicted octanol–water partition coefficient (Wildman–Crippen LogP) is 6.20. The Hall–Kier alpha value is -4.74. The summed E-state index contributed by atoms with van der Waals surface area (Å²) in [4.78, 5) is 35.1. The molecule has 7 nitrogen and oxygen atoms in total. The molecule has 1 aliphatic heterocycles. The van der Waals surface area contributed by atoms with E-state index < -0.39 is 52.8 Å². The highest BCUT2D eigenvalue weighted by atomic mass is 19.4. The van der Waals surface area contributed by atoms with Gasteiger partial charge >= 0.3 is 11.9 Å². The summed E-state index contributed by atoms with van der Waals surface area (Å²) in [7, 11) is 3.13. The fourth-order valence-corrected chi connectivity index (χ4v) is 5.67. The topological polar surface area (TPSA) is 68.8 Å². The molecule has 236 valence electrons. The maximum Gasteiger partial charge on any atom is 0.416 e. The van der Waals surface area contributed by atoms with Gasteiger partial charge in [-0.2, -0.15) is 13.2 Å². The van der Waals surface area contributed by atoms with Gasteiger partial charge in [-0.3, -0.25) is 18.9 Å². The van der Waals surface area contributed by atoms with Crippen molar-refractivity contribution in [2.24, 2.45) is 4.99 Å². The number of amidine groups is 1. The predicted molar refractivity (Wildman–Crippen MR) is 161 cm³/mol. The number of alkyl halides is 3. The Morgan fingerprint density at radius 2 is 1.67 bits per heavy atom. The second kappa shape index (κ2) is 12.7. The van der Waals surface area contributed by atoms with Crippen LogP contribution in [0.15, 0.2) is 81.3 Å². The maximum absolute atomic E-state index is 15.6. The number of aromatic nitrogens is 2. The molecule has 3 aromatic carbocycles. The van der Waals surface area contributed by atoms with Crippen LogP contribution in [0.25, 0.3) is 11.1 Å².